The van der Waals surface area contributed by atoms with Gasteiger partial charge in [0.2, 0.25) is 0 Å². The minimum Gasteiger partial charge on any atom is -0.497 e. The van der Waals surface area contributed by atoms with Crippen molar-refractivity contribution in [3.63, 3.8) is 0 Å². The van der Waals surface area contributed by atoms with Gasteiger partial charge in [0.1, 0.15) is 11.5 Å². The first kappa shape index (κ1) is 17.8. The number of nitrogens with zero attached hydrogens (tertiary/aromatic N) is 1. The molecule has 1 aliphatic rings. The van der Waals surface area contributed by atoms with Gasteiger partial charge in [-0.05, 0) is 55.3 Å². The minimum atomic E-state index is -1.04. The number of amides is 1. The van der Waals surface area contributed by atoms with Crippen molar-refractivity contribution < 1.29 is 24.2 Å². The van der Waals surface area contributed by atoms with Gasteiger partial charge in [-0.1, -0.05) is 6.07 Å². The van der Waals surface area contributed by atoms with Crippen LogP contribution in [0.5, 0.6) is 11.5 Å². The summed E-state index contributed by atoms with van der Waals surface area (Å²) >= 11 is 0. The summed E-state index contributed by atoms with van der Waals surface area (Å²) in [4.78, 5) is 26.0. The Bertz CT molecular complexity index is 815. The summed E-state index contributed by atoms with van der Waals surface area (Å²) in [6.45, 7) is 2.24. The number of carbonyl (C=O) groups excluding carboxylic acids is 1. The average Bonchev–Trinajstić information content (AvgIpc) is 3.10. The van der Waals surface area contributed by atoms with Gasteiger partial charge < -0.3 is 19.5 Å². The van der Waals surface area contributed by atoms with Crippen molar-refractivity contribution in [3.8, 4) is 11.5 Å². The molecule has 6 heteroatoms. The van der Waals surface area contributed by atoms with Gasteiger partial charge in [-0.2, -0.15) is 0 Å². The Kier molecular flexibility index (Phi) is 5.11. The molecule has 0 saturated carbocycles. The van der Waals surface area contributed by atoms with Gasteiger partial charge in [0.25, 0.3) is 5.91 Å². The predicted molar refractivity (Wildman–Crippen MR) is 95.8 cm³/mol. The summed E-state index contributed by atoms with van der Waals surface area (Å²) in [7, 11) is 1.60. The van der Waals surface area contributed by atoms with Gasteiger partial charge in [-0.25, -0.2) is 4.79 Å². The van der Waals surface area contributed by atoms with E-state index in [0.717, 1.165) is 18.6 Å². The second kappa shape index (κ2) is 7.47. The van der Waals surface area contributed by atoms with Crippen LogP contribution in [0, 0.1) is 6.92 Å². The van der Waals surface area contributed by atoms with Crippen LogP contribution in [0.1, 0.15) is 39.1 Å². The molecule has 1 saturated heterocycles. The molecule has 1 aliphatic heterocycles. The Morgan fingerprint density at radius 1 is 1.08 bits per heavy atom. The van der Waals surface area contributed by atoms with Crippen LogP contribution in [0.3, 0.4) is 0 Å². The molecule has 1 heterocycles. The van der Waals surface area contributed by atoms with Crippen LogP contribution < -0.4 is 9.47 Å². The summed E-state index contributed by atoms with van der Waals surface area (Å²) < 4.78 is 11.1. The maximum Gasteiger partial charge on any atom is 0.335 e. The largest absolute Gasteiger partial charge is 0.497 e. The van der Waals surface area contributed by atoms with Gasteiger partial charge in [-0.3, -0.25) is 4.79 Å². The Morgan fingerprint density at radius 3 is 2.38 bits per heavy atom. The zero-order valence-corrected chi connectivity index (χ0v) is 14.8. The number of ether oxygens (including phenoxy) is 2. The summed E-state index contributed by atoms with van der Waals surface area (Å²) in [6.07, 6.45) is 1.20. The number of carboxylic acids is 1. The fraction of sp³-hybridized carbons (Fsp3) is 0.300. The van der Waals surface area contributed by atoms with E-state index in [1.54, 1.807) is 55.3 Å². The lowest BCUT2D eigenvalue weighted by atomic mass is 10.0. The number of rotatable bonds is 5. The Hall–Kier alpha value is -3.02. The number of hydrogen-bond acceptors (Lipinski definition) is 4. The number of carboxylic acid groups (broad SMARTS) is 1. The lowest BCUT2D eigenvalue weighted by molar-refractivity contribution is 0.0400. The normalized spacial score (nSPS) is 16.4. The maximum absolute atomic E-state index is 13.0. The van der Waals surface area contributed by atoms with E-state index in [2.05, 4.69) is 0 Å². The monoisotopic (exact) mass is 355 g/mol. The first-order valence-corrected chi connectivity index (χ1v) is 8.46. The molecule has 0 spiro atoms. The van der Waals surface area contributed by atoms with Crippen LogP contribution in [-0.4, -0.2) is 41.8 Å². The van der Waals surface area contributed by atoms with Crippen molar-refractivity contribution >= 4 is 11.9 Å². The molecule has 0 aliphatic carbocycles. The molecule has 1 amide bonds. The number of aromatic carboxylic acids is 1. The zero-order chi connectivity index (χ0) is 18.7. The van der Waals surface area contributed by atoms with Crippen LogP contribution in [0.15, 0.2) is 42.5 Å². The van der Waals surface area contributed by atoms with Gasteiger partial charge in [-0.15, -0.1) is 0 Å². The van der Waals surface area contributed by atoms with Gasteiger partial charge in [0.15, 0.2) is 6.23 Å². The van der Waals surface area contributed by atoms with Crippen molar-refractivity contribution in [1.29, 1.82) is 0 Å². The van der Waals surface area contributed by atoms with Crippen LogP contribution >= 0.6 is 0 Å². The number of carbonyl (C=O) groups is 2. The fourth-order valence-corrected chi connectivity index (χ4v) is 3.16. The first-order chi connectivity index (χ1) is 12.5. The first-order valence-electron chi connectivity index (χ1n) is 8.46. The quantitative estimate of drug-likeness (QED) is 0.890. The molecule has 6 nitrogen and oxygen atoms in total. The van der Waals surface area contributed by atoms with Gasteiger partial charge in [0.05, 0.1) is 12.7 Å². The summed E-state index contributed by atoms with van der Waals surface area (Å²) in [5, 5.41) is 9.27. The second-order valence-electron chi connectivity index (χ2n) is 6.17. The Morgan fingerprint density at radius 2 is 1.73 bits per heavy atom. The minimum absolute atomic E-state index is 0.141. The van der Waals surface area contributed by atoms with E-state index in [1.165, 1.54) is 6.07 Å². The maximum atomic E-state index is 13.0. The SMILES string of the molecule is COc1ccc(O[C@@H]2CCCN2C(=O)c2cccc(C(=O)O)c2C)cc1. The van der Waals surface area contributed by atoms with E-state index in [0.29, 0.717) is 23.4 Å². The molecule has 0 bridgehead atoms. The second-order valence-corrected chi connectivity index (χ2v) is 6.17. The van der Waals surface area contributed by atoms with Gasteiger partial charge in [0, 0.05) is 18.5 Å². The molecule has 26 heavy (non-hydrogen) atoms. The van der Waals surface area contributed by atoms with Crippen molar-refractivity contribution in [1.82, 2.24) is 4.90 Å². The molecule has 0 radical (unpaired) electrons. The predicted octanol–water partition coefficient (Wildman–Crippen LogP) is 3.34. The third-order valence-electron chi connectivity index (χ3n) is 4.58. The molecule has 2 aromatic carbocycles. The molecule has 3 rings (SSSR count). The number of methoxy groups -OCH3 is 1. The van der Waals surface area contributed by atoms with Gasteiger partial charge >= 0.3 is 5.97 Å². The highest BCUT2D eigenvalue weighted by Gasteiger charge is 2.32. The smallest absolute Gasteiger partial charge is 0.335 e. The summed E-state index contributed by atoms with van der Waals surface area (Å²) in [5.41, 5.74) is 1.01. The van der Waals surface area contributed by atoms with Crippen LogP contribution in [0.2, 0.25) is 0 Å². The van der Waals surface area contributed by atoms with E-state index < -0.39 is 5.97 Å². The van der Waals surface area contributed by atoms with Crippen LogP contribution in [0.25, 0.3) is 0 Å². The van der Waals surface area contributed by atoms with Crippen molar-refractivity contribution in [2.24, 2.45) is 0 Å². The van der Waals surface area contributed by atoms with Crippen LogP contribution in [-0.2, 0) is 0 Å². The molecule has 136 valence electrons. The van der Waals surface area contributed by atoms with Crippen molar-refractivity contribution in [2.45, 2.75) is 26.0 Å². The van der Waals surface area contributed by atoms with Crippen molar-refractivity contribution in [3.05, 3.63) is 59.2 Å². The molecule has 0 unspecified atom stereocenters. The van der Waals surface area contributed by atoms with E-state index >= 15 is 0 Å². The number of likely N-dealkylation sites (tertiary alicyclic amines) is 1. The van der Waals surface area contributed by atoms with E-state index in [9.17, 15) is 14.7 Å². The molecule has 1 fully saturated rings. The van der Waals surface area contributed by atoms with E-state index in [-0.39, 0.29) is 17.7 Å². The Balaban J connectivity index is 1.80. The average molecular weight is 355 g/mol. The third kappa shape index (κ3) is 3.49. The number of hydrogen-bond donors (Lipinski definition) is 1. The molecular formula is C20H21NO5. The zero-order valence-electron chi connectivity index (χ0n) is 14.8. The van der Waals surface area contributed by atoms with Crippen LogP contribution in [0.4, 0.5) is 0 Å². The molecule has 1 atom stereocenters. The molecular weight excluding hydrogens is 334 g/mol. The highest BCUT2D eigenvalue weighted by molar-refractivity contribution is 6.00. The summed E-state index contributed by atoms with van der Waals surface area (Å²) in [5.74, 6) is 0.149. The molecule has 0 aromatic heterocycles. The Labute approximate surface area is 152 Å². The van der Waals surface area contributed by atoms with E-state index in [1.807, 2.05) is 0 Å². The molecule has 1 N–H and O–H groups in total. The fourth-order valence-electron chi connectivity index (χ4n) is 3.16. The topological polar surface area (TPSA) is 76.1 Å². The lowest BCUT2D eigenvalue weighted by Gasteiger charge is -2.26. The van der Waals surface area contributed by atoms with E-state index in [4.69, 9.17) is 9.47 Å². The van der Waals surface area contributed by atoms with Crippen molar-refractivity contribution in [2.75, 3.05) is 13.7 Å². The number of benzene rings is 2. The molecule has 2 aromatic rings. The highest BCUT2D eigenvalue weighted by Crippen LogP contribution is 2.26. The standard InChI is InChI=1S/C20H21NO5/c1-13-16(5-3-6-17(13)20(23)24)19(22)21-12-4-7-18(21)26-15-10-8-14(25-2)9-11-15/h3,5-6,8-11,18H,4,7,12H2,1-2H3,(H,23,24)/t18-/m1/s1. The summed E-state index contributed by atoms with van der Waals surface area (Å²) in [6, 6.07) is 12.0. The third-order valence-corrected chi connectivity index (χ3v) is 4.58. The highest BCUT2D eigenvalue weighted by atomic mass is 16.5. The lowest BCUT2D eigenvalue weighted by Crippen LogP contribution is -2.39.